The fourth-order valence-corrected chi connectivity index (χ4v) is 6.97. The number of allylic oxidation sites excluding steroid dienone is 3. The van der Waals surface area contributed by atoms with Crippen LogP contribution in [0.3, 0.4) is 0 Å². The van der Waals surface area contributed by atoms with Crippen molar-refractivity contribution in [3.05, 3.63) is 76.5 Å². The predicted octanol–water partition coefficient (Wildman–Crippen LogP) is 5.37. The van der Waals surface area contributed by atoms with Gasteiger partial charge >= 0.3 is 0 Å². The zero-order valence-corrected chi connectivity index (χ0v) is 25.6. The number of carbonyl (C=O) groups is 2. The number of hydrogen-bond donors (Lipinski definition) is 2. The van der Waals surface area contributed by atoms with E-state index in [1.165, 1.54) is 49.5 Å². The number of nitriles is 1. The van der Waals surface area contributed by atoms with Crippen LogP contribution in [0.25, 0.3) is 0 Å². The molecule has 1 amide bonds. The summed E-state index contributed by atoms with van der Waals surface area (Å²) in [5, 5.41) is 22.0. The fraction of sp³-hybridized carbons (Fsp3) is 0.300. The molecule has 0 saturated carbocycles. The van der Waals surface area contributed by atoms with Crippen molar-refractivity contribution in [3.63, 3.8) is 0 Å². The van der Waals surface area contributed by atoms with Gasteiger partial charge in [0.15, 0.2) is 10.1 Å². The Kier molecular flexibility index (Phi) is 8.43. The lowest BCUT2D eigenvalue weighted by atomic mass is 9.69. The number of amides is 1. The van der Waals surface area contributed by atoms with E-state index in [0.29, 0.717) is 56.3 Å². The first kappa shape index (κ1) is 30.1. The SMILES string of the molecule is COc1ccc(OC)c(NC(=O)CSc2nnc(N3C(N)=C(C#N)C(c4ccc(F)cc4)C4=C3CC(C)(C)CC4=O)s2)c1. The number of anilines is 2. The number of nitrogens with zero attached hydrogens (tertiary/aromatic N) is 4. The summed E-state index contributed by atoms with van der Waals surface area (Å²) in [6, 6.07) is 13.0. The molecular formula is C30H29FN6O4S2. The van der Waals surface area contributed by atoms with Crippen LogP contribution in [0.2, 0.25) is 0 Å². The van der Waals surface area contributed by atoms with E-state index in [-0.39, 0.29) is 34.3 Å². The molecule has 3 aromatic rings. The van der Waals surface area contributed by atoms with Crippen LogP contribution in [-0.2, 0) is 9.59 Å². The number of nitrogens with one attached hydrogen (secondary N) is 1. The maximum atomic E-state index is 13.8. The minimum absolute atomic E-state index is 0.0376. The summed E-state index contributed by atoms with van der Waals surface area (Å²) in [6.07, 6.45) is 0.790. The molecule has 0 fully saturated rings. The summed E-state index contributed by atoms with van der Waals surface area (Å²) in [5.74, 6) is -0.296. The van der Waals surface area contributed by atoms with Crippen molar-refractivity contribution in [1.82, 2.24) is 10.2 Å². The number of rotatable bonds is 8. The first-order valence-corrected chi connectivity index (χ1v) is 15.0. The molecule has 222 valence electrons. The van der Waals surface area contributed by atoms with Gasteiger partial charge in [-0.1, -0.05) is 49.1 Å². The highest BCUT2D eigenvalue weighted by Crippen LogP contribution is 2.50. The van der Waals surface area contributed by atoms with Gasteiger partial charge in [-0.25, -0.2) is 4.39 Å². The largest absolute Gasteiger partial charge is 0.497 e. The highest BCUT2D eigenvalue weighted by Gasteiger charge is 2.45. The van der Waals surface area contributed by atoms with Gasteiger partial charge in [0, 0.05) is 23.8 Å². The minimum Gasteiger partial charge on any atom is -0.497 e. The Morgan fingerprint density at radius 3 is 2.63 bits per heavy atom. The molecule has 1 aromatic heterocycles. The molecule has 1 aliphatic carbocycles. The molecule has 2 heterocycles. The maximum absolute atomic E-state index is 13.8. The predicted molar refractivity (Wildman–Crippen MR) is 162 cm³/mol. The Labute approximate surface area is 256 Å². The van der Waals surface area contributed by atoms with Gasteiger partial charge in [0.1, 0.15) is 23.1 Å². The summed E-state index contributed by atoms with van der Waals surface area (Å²) in [4.78, 5) is 28.0. The molecule has 13 heteroatoms. The van der Waals surface area contributed by atoms with Crippen molar-refractivity contribution in [2.75, 3.05) is 30.2 Å². The van der Waals surface area contributed by atoms with Crippen molar-refractivity contribution in [3.8, 4) is 17.6 Å². The molecule has 1 unspecified atom stereocenters. The second-order valence-corrected chi connectivity index (χ2v) is 13.0. The molecule has 10 nitrogen and oxygen atoms in total. The number of ether oxygens (including phenoxy) is 2. The van der Waals surface area contributed by atoms with E-state index in [1.807, 2.05) is 13.8 Å². The number of nitrogens with two attached hydrogens (primary N) is 1. The second-order valence-electron chi connectivity index (χ2n) is 10.8. The van der Waals surface area contributed by atoms with Crippen LogP contribution >= 0.6 is 23.1 Å². The maximum Gasteiger partial charge on any atom is 0.234 e. The number of aromatic nitrogens is 2. The van der Waals surface area contributed by atoms with Crippen molar-refractivity contribution >= 4 is 45.6 Å². The van der Waals surface area contributed by atoms with E-state index >= 15 is 0 Å². The quantitative estimate of drug-likeness (QED) is 0.316. The lowest BCUT2D eigenvalue weighted by Crippen LogP contribution is -2.42. The zero-order valence-electron chi connectivity index (χ0n) is 23.9. The fourth-order valence-electron chi connectivity index (χ4n) is 5.29. The second kappa shape index (κ2) is 12.1. The van der Waals surface area contributed by atoms with Crippen molar-refractivity contribution < 1.29 is 23.5 Å². The van der Waals surface area contributed by atoms with E-state index in [2.05, 4.69) is 21.6 Å². The Bertz CT molecular complexity index is 1690. The van der Waals surface area contributed by atoms with E-state index in [0.717, 1.165) is 0 Å². The standard InChI is InChI=1S/C30H29FN6O4S2/c1-30(2)12-21-26(22(38)13-30)25(16-5-7-17(31)8-6-16)19(14-32)27(33)37(21)28-35-36-29(43-28)42-15-24(39)34-20-11-18(40-3)9-10-23(20)41-4/h5-11,25H,12-13,15,33H2,1-4H3,(H,34,39). The number of Topliss-reactive ketones (excluding diaryl/α,β-unsaturated/α-hetero) is 1. The van der Waals surface area contributed by atoms with Crippen LogP contribution in [0.15, 0.2) is 69.5 Å². The molecule has 0 saturated heterocycles. The van der Waals surface area contributed by atoms with E-state index in [1.54, 1.807) is 35.2 Å². The molecule has 1 aliphatic heterocycles. The van der Waals surface area contributed by atoms with Crippen molar-refractivity contribution in [1.29, 1.82) is 5.26 Å². The van der Waals surface area contributed by atoms with Gasteiger partial charge in [-0.3, -0.25) is 14.5 Å². The summed E-state index contributed by atoms with van der Waals surface area (Å²) < 4.78 is 24.8. The molecule has 3 N–H and O–H groups in total. The summed E-state index contributed by atoms with van der Waals surface area (Å²) in [6.45, 7) is 3.99. The first-order valence-electron chi connectivity index (χ1n) is 13.2. The zero-order chi connectivity index (χ0) is 30.9. The number of halogens is 1. The number of methoxy groups -OCH3 is 2. The molecule has 0 radical (unpaired) electrons. The van der Waals surface area contributed by atoms with Crippen LogP contribution in [0, 0.1) is 22.6 Å². The number of carbonyl (C=O) groups excluding carboxylic acids is 2. The van der Waals surface area contributed by atoms with Crippen LogP contribution in [0.1, 0.15) is 38.2 Å². The Morgan fingerprint density at radius 1 is 1.21 bits per heavy atom. The molecule has 0 spiro atoms. The molecule has 5 rings (SSSR count). The molecule has 0 bridgehead atoms. The third-order valence-electron chi connectivity index (χ3n) is 7.18. The smallest absolute Gasteiger partial charge is 0.234 e. The molecule has 43 heavy (non-hydrogen) atoms. The third kappa shape index (κ3) is 6.07. The lowest BCUT2D eigenvalue weighted by Gasteiger charge is -2.42. The van der Waals surface area contributed by atoms with Gasteiger partial charge in [0.25, 0.3) is 0 Å². The topological polar surface area (TPSA) is 143 Å². The average Bonchev–Trinajstić information content (AvgIpc) is 3.43. The summed E-state index contributed by atoms with van der Waals surface area (Å²) in [7, 11) is 3.05. The Morgan fingerprint density at radius 2 is 1.95 bits per heavy atom. The van der Waals surface area contributed by atoms with Crippen LogP contribution in [0.4, 0.5) is 15.2 Å². The number of thioether (sulfide) groups is 1. The average molecular weight is 621 g/mol. The number of hydrogen-bond acceptors (Lipinski definition) is 11. The highest BCUT2D eigenvalue weighted by molar-refractivity contribution is 8.01. The monoisotopic (exact) mass is 620 g/mol. The van der Waals surface area contributed by atoms with E-state index < -0.39 is 11.7 Å². The first-order chi connectivity index (χ1) is 20.5. The molecule has 1 atom stereocenters. The van der Waals surface area contributed by atoms with Gasteiger partial charge in [-0.05, 0) is 41.7 Å². The summed E-state index contributed by atoms with van der Waals surface area (Å²) >= 11 is 2.38. The van der Waals surface area contributed by atoms with Crippen LogP contribution in [-0.4, -0.2) is 41.9 Å². The van der Waals surface area contributed by atoms with Gasteiger partial charge in [-0.15, -0.1) is 10.2 Å². The highest BCUT2D eigenvalue weighted by atomic mass is 32.2. The molecular weight excluding hydrogens is 592 g/mol. The molecule has 2 aliphatic rings. The van der Waals surface area contributed by atoms with Gasteiger partial charge < -0.3 is 20.5 Å². The van der Waals surface area contributed by atoms with Crippen molar-refractivity contribution in [2.45, 2.75) is 36.9 Å². The van der Waals surface area contributed by atoms with Gasteiger partial charge in [0.05, 0.1) is 43.2 Å². The normalized spacial score (nSPS) is 17.8. The number of ketones is 1. The Hall–Kier alpha value is -4.41. The summed E-state index contributed by atoms with van der Waals surface area (Å²) in [5.41, 5.74) is 8.62. The van der Waals surface area contributed by atoms with Gasteiger partial charge in [-0.2, -0.15) is 5.26 Å². The molecule has 2 aromatic carbocycles. The van der Waals surface area contributed by atoms with Crippen LogP contribution in [0.5, 0.6) is 11.5 Å². The number of benzene rings is 2. The van der Waals surface area contributed by atoms with E-state index in [9.17, 15) is 19.2 Å². The van der Waals surface area contributed by atoms with Crippen LogP contribution < -0.4 is 25.4 Å². The van der Waals surface area contributed by atoms with Gasteiger partial charge in [0.2, 0.25) is 11.0 Å². The Balaban J connectivity index is 1.43. The van der Waals surface area contributed by atoms with E-state index in [4.69, 9.17) is 15.2 Å². The lowest BCUT2D eigenvalue weighted by molar-refractivity contribution is -0.118. The minimum atomic E-state index is -0.723. The van der Waals surface area contributed by atoms with Crippen molar-refractivity contribution in [2.24, 2.45) is 11.1 Å². The third-order valence-corrected chi connectivity index (χ3v) is 9.22.